The number of hydrogen-bond donors (Lipinski definition) is 1. The zero-order valence-electron chi connectivity index (χ0n) is 14.6. The second-order valence-electron chi connectivity index (χ2n) is 4.20. The standard InChI is InChI=1S/C15H14N2S2.2C2H6/c1-18-10-12-14(11-6-3-2-4-7-11)16-17-15(12)13-8-5-9-19-13;2*1-2/h2-9H,10H2,1H3,(H,16,17);2*1-2H3. The molecule has 0 fully saturated rings. The van der Waals surface area contributed by atoms with Crippen molar-refractivity contribution in [3.8, 4) is 21.8 Å². The molecule has 1 N–H and O–H groups in total. The summed E-state index contributed by atoms with van der Waals surface area (Å²) < 4.78 is 0. The van der Waals surface area contributed by atoms with Crippen LogP contribution in [0.15, 0.2) is 47.8 Å². The zero-order valence-corrected chi connectivity index (χ0v) is 16.2. The van der Waals surface area contributed by atoms with Gasteiger partial charge in [-0.1, -0.05) is 64.1 Å². The molecule has 2 nitrogen and oxygen atoms in total. The number of thioether (sulfide) groups is 1. The Labute approximate surface area is 148 Å². The molecule has 2 aromatic heterocycles. The molecule has 0 amide bonds. The van der Waals surface area contributed by atoms with E-state index in [9.17, 15) is 0 Å². The molecule has 1 aromatic carbocycles. The number of thiophene rings is 1. The Morgan fingerprint density at radius 2 is 1.70 bits per heavy atom. The minimum atomic E-state index is 0.966. The highest BCUT2D eigenvalue weighted by atomic mass is 32.2. The van der Waals surface area contributed by atoms with Crippen LogP contribution < -0.4 is 0 Å². The Hall–Kier alpha value is -1.52. The number of nitrogens with one attached hydrogen (secondary N) is 1. The van der Waals surface area contributed by atoms with Crippen LogP contribution in [0.5, 0.6) is 0 Å². The molecule has 124 valence electrons. The molecule has 0 saturated carbocycles. The Balaban J connectivity index is 0.000000615. The van der Waals surface area contributed by atoms with E-state index < -0.39 is 0 Å². The zero-order chi connectivity index (χ0) is 17.1. The Morgan fingerprint density at radius 1 is 1.00 bits per heavy atom. The van der Waals surface area contributed by atoms with Gasteiger partial charge in [-0.15, -0.1) is 11.3 Å². The minimum absolute atomic E-state index is 0.966. The molecule has 0 spiro atoms. The molecule has 0 bridgehead atoms. The average Bonchev–Trinajstić information content (AvgIpc) is 3.29. The molecule has 0 aliphatic rings. The van der Waals surface area contributed by atoms with Crippen LogP contribution in [0, 0.1) is 0 Å². The first-order valence-electron chi connectivity index (χ1n) is 8.05. The second kappa shape index (κ2) is 11.1. The van der Waals surface area contributed by atoms with E-state index >= 15 is 0 Å². The van der Waals surface area contributed by atoms with Crippen molar-refractivity contribution in [3.63, 3.8) is 0 Å². The quantitative estimate of drug-likeness (QED) is 0.568. The van der Waals surface area contributed by atoms with Crippen molar-refractivity contribution in [1.82, 2.24) is 10.2 Å². The van der Waals surface area contributed by atoms with E-state index in [2.05, 4.69) is 58.2 Å². The molecule has 3 aromatic rings. The van der Waals surface area contributed by atoms with Gasteiger partial charge in [0.05, 0.1) is 16.3 Å². The molecule has 23 heavy (non-hydrogen) atoms. The fraction of sp³-hybridized carbons (Fsp3) is 0.316. The lowest BCUT2D eigenvalue weighted by Crippen LogP contribution is -1.86. The van der Waals surface area contributed by atoms with E-state index in [0.717, 1.165) is 17.1 Å². The average molecular weight is 347 g/mol. The smallest absolute Gasteiger partial charge is 0.0967 e. The highest BCUT2D eigenvalue weighted by molar-refractivity contribution is 7.97. The largest absolute Gasteiger partial charge is 0.276 e. The normalized spacial score (nSPS) is 9.43. The van der Waals surface area contributed by atoms with Gasteiger partial charge in [-0.05, 0) is 17.7 Å². The summed E-state index contributed by atoms with van der Waals surface area (Å²) in [4.78, 5) is 1.25. The highest BCUT2D eigenvalue weighted by Gasteiger charge is 2.15. The van der Waals surface area contributed by atoms with Crippen molar-refractivity contribution in [1.29, 1.82) is 0 Å². The van der Waals surface area contributed by atoms with Crippen LogP contribution in [0.3, 0.4) is 0 Å². The van der Waals surface area contributed by atoms with Crippen molar-refractivity contribution in [3.05, 3.63) is 53.4 Å². The van der Waals surface area contributed by atoms with Gasteiger partial charge in [0.1, 0.15) is 0 Å². The lowest BCUT2D eigenvalue weighted by Gasteiger charge is -2.03. The Morgan fingerprint density at radius 3 is 2.26 bits per heavy atom. The highest BCUT2D eigenvalue weighted by Crippen LogP contribution is 2.34. The van der Waals surface area contributed by atoms with Gasteiger partial charge in [0, 0.05) is 16.9 Å². The van der Waals surface area contributed by atoms with Crippen LogP contribution >= 0.6 is 23.1 Å². The number of aromatic amines is 1. The lowest BCUT2D eigenvalue weighted by molar-refractivity contribution is 1.10. The summed E-state index contributed by atoms with van der Waals surface area (Å²) in [6, 6.07) is 14.6. The molecule has 0 unspecified atom stereocenters. The maximum absolute atomic E-state index is 4.53. The van der Waals surface area contributed by atoms with Crippen molar-refractivity contribution in [2.75, 3.05) is 6.26 Å². The van der Waals surface area contributed by atoms with Gasteiger partial charge >= 0.3 is 0 Å². The van der Waals surface area contributed by atoms with Crippen LogP contribution in [0.1, 0.15) is 33.3 Å². The predicted molar refractivity (Wildman–Crippen MR) is 107 cm³/mol. The third kappa shape index (κ3) is 4.98. The number of hydrogen-bond acceptors (Lipinski definition) is 3. The van der Waals surface area contributed by atoms with Gasteiger partial charge in [-0.3, -0.25) is 5.10 Å². The molecule has 2 heterocycles. The number of rotatable bonds is 4. The minimum Gasteiger partial charge on any atom is -0.276 e. The second-order valence-corrected chi connectivity index (χ2v) is 6.02. The third-order valence-corrected chi connectivity index (χ3v) is 4.44. The van der Waals surface area contributed by atoms with Crippen molar-refractivity contribution >= 4 is 23.1 Å². The van der Waals surface area contributed by atoms with E-state index in [1.54, 1.807) is 11.3 Å². The van der Waals surface area contributed by atoms with Crippen LogP contribution in [0.25, 0.3) is 21.8 Å². The molecule has 0 saturated heterocycles. The monoisotopic (exact) mass is 346 g/mol. The van der Waals surface area contributed by atoms with Gasteiger partial charge < -0.3 is 0 Å². The van der Waals surface area contributed by atoms with E-state index in [0.29, 0.717) is 0 Å². The lowest BCUT2D eigenvalue weighted by atomic mass is 10.1. The van der Waals surface area contributed by atoms with E-state index in [1.807, 2.05) is 45.5 Å². The van der Waals surface area contributed by atoms with Crippen LogP contribution in [-0.2, 0) is 5.75 Å². The molecular formula is C19H26N2S2. The molecule has 0 atom stereocenters. The summed E-state index contributed by atoms with van der Waals surface area (Å²) >= 11 is 3.57. The first-order valence-corrected chi connectivity index (χ1v) is 10.3. The summed E-state index contributed by atoms with van der Waals surface area (Å²) in [7, 11) is 0. The fourth-order valence-electron chi connectivity index (χ4n) is 2.11. The van der Waals surface area contributed by atoms with Crippen molar-refractivity contribution < 1.29 is 0 Å². The number of benzene rings is 1. The summed E-state index contributed by atoms with van der Waals surface area (Å²) in [5, 5.41) is 9.83. The molecule has 0 aliphatic carbocycles. The van der Waals surface area contributed by atoms with E-state index in [4.69, 9.17) is 0 Å². The first-order chi connectivity index (χ1) is 11.4. The summed E-state index contributed by atoms with van der Waals surface area (Å²) in [5.74, 6) is 0.966. The van der Waals surface area contributed by atoms with Crippen molar-refractivity contribution in [2.45, 2.75) is 33.4 Å². The van der Waals surface area contributed by atoms with Gasteiger partial charge in [0.15, 0.2) is 0 Å². The Kier molecular flexibility index (Phi) is 9.41. The van der Waals surface area contributed by atoms with Crippen molar-refractivity contribution in [2.24, 2.45) is 0 Å². The molecule has 4 heteroatoms. The fourth-order valence-corrected chi connectivity index (χ4v) is 3.43. The maximum Gasteiger partial charge on any atom is 0.0967 e. The molecular weight excluding hydrogens is 320 g/mol. The van der Waals surface area contributed by atoms with Gasteiger partial charge in [-0.25, -0.2) is 0 Å². The summed E-state index contributed by atoms with van der Waals surface area (Å²) in [6.45, 7) is 8.00. The van der Waals surface area contributed by atoms with Gasteiger partial charge in [-0.2, -0.15) is 16.9 Å². The first kappa shape index (κ1) is 19.5. The van der Waals surface area contributed by atoms with Crippen LogP contribution in [-0.4, -0.2) is 16.5 Å². The maximum atomic E-state index is 4.53. The number of nitrogens with zero attached hydrogens (tertiary/aromatic N) is 1. The topological polar surface area (TPSA) is 28.7 Å². The van der Waals surface area contributed by atoms with Crippen LogP contribution in [0.4, 0.5) is 0 Å². The summed E-state index contributed by atoms with van der Waals surface area (Å²) in [6.07, 6.45) is 2.12. The van der Waals surface area contributed by atoms with E-state index in [-0.39, 0.29) is 0 Å². The van der Waals surface area contributed by atoms with Gasteiger partial charge in [0.2, 0.25) is 0 Å². The molecule has 0 aliphatic heterocycles. The van der Waals surface area contributed by atoms with Crippen LogP contribution in [0.2, 0.25) is 0 Å². The van der Waals surface area contributed by atoms with Gasteiger partial charge in [0.25, 0.3) is 0 Å². The predicted octanol–water partition coefficient (Wildman–Crippen LogP) is 6.72. The molecule has 0 radical (unpaired) electrons. The number of aromatic nitrogens is 2. The summed E-state index contributed by atoms with van der Waals surface area (Å²) in [5.41, 5.74) is 4.69. The SMILES string of the molecule is CC.CC.CSCc1c(-c2ccccc2)n[nH]c1-c1cccs1. The Bertz CT molecular complexity index is 643. The van der Waals surface area contributed by atoms with E-state index in [1.165, 1.54) is 16.0 Å². The third-order valence-electron chi connectivity index (χ3n) is 2.97. The number of H-pyrrole nitrogens is 1. The molecule has 3 rings (SSSR count).